The summed E-state index contributed by atoms with van der Waals surface area (Å²) < 4.78 is 13.2. The first kappa shape index (κ1) is 16.9. The highest BCUT2D eigenvalue weighted by molar-refractivity contribution is 5.77. The smallest absolute Gasteiger partial charge is 0.220 e. The molecule has 1 amide bonds. The molecule has 0 spiro atoms. The van der Waals surface area contributed by atoms with Crippen molar-refractivity contribution in [2.45, 2.75) is 57.4 Å². The van der Waals surface area contributed by atoms with Crippen LogP contribution in [-0.4, -0.2) is 23.7 Å². The lowest BCUT2D eigenvalue weighted by Crippen LogP contribution is -2.36. The monoisotopic (exact) mass is 307 g/mol. The zero-order chi connectivity index (χ0) is 15.9. The largest absolute Gasteiger partial charge is 0.394 e. The van der Waals surface area contributed by atoms with E-state index in [1.807, 2.05) is 0 Å². The lowest BCUT2D eigenvalue weighted by Gasteiger charge is -2.30. The summed E-state index contributed by atoms with van der Waals surface area (Å²) >= 11 is 0. The standard InChI is InChI=1S/C18H26FNO2/c1-13(12-21)20-18(22)11-17(14-5-3-2-4-6-14)15-7-9-16(19)10-8-15/h7-10,13-14,17,21H,2-6,11-12H2,1H3,(H,20,22). The summed E-state index contributed by atoms with van der Waals surface area (Å²) in [6, 6.07) is 6.32. The number of halogens is 1. The Morgan fingerprint density at radius 2 is 1.91 bits per heavy atom. The lowest BCUT2D eigenvalue weighted by molar-refractivity contribution is -0.122. The number of aliphatic hydroxyl groups excluding tert-OH is 1. The second kappa shape index (κ2) is 8.28. The summed E-state index contributed by atoms with van der Waals surface area (Å²) in [6.07, 6.45) is 6.34. The van der Waals surface area contributed by atoms with Gasteiger partial charge in [0.1, 0.15) is 5.82 Å². The fraction of sp³-hybridized carbons (Fsp3) is 0.611. The van der Waals surface area contributed by atoms with E-state index in [1.54, 1.807) is 19.1 Å². The Hall–Kier alpha value is -1.42. The van der Waals surface area contributed by atoms with Crippen LogP contribution in [0.4, 0.5) is 4.39 Å². The van der Waals surface area contributed by atoms with E-state index in [9.17, 15) is 9.18 Å². The van der Waals surface area contributed by atoms with Gasteiger partial charge in [-0.2, -0.15) is 0 Å². The average molecular weight is 307 g/mol. The molecule has 2 rings (SSSR count). The van der Waals surface area contributed by atoms with E-state index in [0.717, 1.165) is 18.4 Å². The van der Waals surface area contributed by atoms with Gasteiger partial charge in [-0.1, -0.05) is 31.4 Å². The number of carbonyl (C=O) groups excluding carboxylic acids is 1. The molecule has 0 bridgehead atoms. The lowest BCUT2D eigenvalue weighted by atomic mass is 9.75. The minimum atomic E-state index is -0.246. The maximum atomic E-state index is 13.2. The Bertz CT molecular complexity index is 468. The van der Waals surface area contributed by atoms with Crippen molar-refractivity contribution < 1.29 is 14.3 Å². The first-order valence-corrected chi connectivity index (χ1v) is 8.26. The van der Waals surface area contributed by atoms with E-state index in [0.29, 0.717) is 12.3 Å². The van der Waals surface area contributed by atoms with Crippen LogP contribution in [0.5, 0.6) is 0 Å². The molecule has 1 aromatic carbocycles. The summed E-state index contributed by atoms with van der Waals surface area (Å²) in [5, 5.41) is 11.9. The van der Waals surface area contributed by atoms with Crippen molar-refractivity contribution in [1.29, 1.82) is 0 Å². The van der Waals surface area contributed by atoms with Crippen LogP contribution < -0.4 is 5.32 Å². The molecule has 0 aliphatic heterocycles. The van der Waals surface area contributed by atoms with Gasteiger partial charge in [0.25, 0.3) is 0 Å². The average Bonchev–Trinajstić information content (AvgIpc) is 2.54. The van der Waals surface area contributed by atoms with Gasteiger partial charge in [-0.25, -0.2) is 4.39 Å². The molecule has 4 heteroatoms. The zero-order valence-corrected chi connectivity index (χ0v) is 13.2. The van der Waals surface area contributed by atoms with Gasteiger partial charge in [0.2, 0.25) is 5.91 Å². The Labute approximate surface area is 131 Å². The predicted octanol–water partition coefficient (Wildman–Crippen LogP) is 3.38. The molecule has 3 nitrogen and oxygen atoms in total. The maximum absolute atomic E-state index is 13.2. The van der Waals surface area contributed by atoms with Crippen molar-refractivity contribution >= 4 is 5.91 Å². The van der Waals surface area contributed by atoms with Gasteiger partial charge in [0, 0.05) is 12.5 Å². The van der Waals surface area contributed by atoms with Crippen molar-refractivity contribution in [1.82, 2.24) is 5.32 Å². The van der Waals surface area contributed by atoms with Crippen LogP contribution in [0.25, 0.3) is 0 Å². The van der Waals surface area contributed by atoms with Gasteiger partial charge in [-0.3, -0.25) is 4.79 Å². The van der Waals surface area contributed by atoms with Crippen molar-refractivity contribution in [3.8, 4) is 0 Å². The van der Waals surface area contributed by atoms with E-state index in [2.05, 4.69) is 5.32 Å². The number of carbonyl (C=O) groups is 1. The number of amides is 1. The predicted molar refractivity (Wildman–Crippen MR) is 85.0 cm³/mol. The summed E-state index contributed by atoms with van der Waals surface area (Å²) in [4.78, 5) is 12.2. The summed E-state index contributed by atoms with van der Waals surface area (Å²) in [5.41, 5.74) is 1.04. The van der Waals surface area contributed by atoms with E-state index >= 15 is 0 Å². The van der Waals surface area contributed by atoms with Crippen molar-refractivity contribution in [2.75, 3.05) is 6.61 Å². The van der Waals surface area contributed by atoms with Gasteiger partial charge in [-0.15, -0.1) is 0 Å². The van der Waals surface area contributed by atoms with Crippen molar-refractivity contribution in [2.24, 2.45) is 5.92 Å². The number of nitrogens with one attached hydrogen (secondary N) is 1. The molecule has 0 radical (unpaired) electrons. The second-order valence-electron chi connectivity index (χ2n) is 6.41. The van der Waals surface area contributed by atoms with Crippen molar-refractivity contribution in [3.63, 3.8) is 0 Å². The number of benzene rings is 1. The third-order valence-electron chi connectivity index (χ3n) is 4.60. The first-order chi connectivity index (χ1) is 10.6. The highest BCUT2D eigenvalue weighted by atomic mass is 19.1. The molecule has 2 unspecified atom stereocenters. The number of hydrogen-bond acceptors (Lipinski definition) is 2. The van der Waals surface area contributed by atoms with Crippen molar-refractivity contribution in [3.05, 3.63) is 35.6 Å². The maximum Gasteiger partial charge on any atom is 0.220 e. The molecule has 0 heterocycles. The molecule has 1 saturated carbocycles. The molecular formula is C18H26FNO2. The molecule has 1 fully saturated rings. The first-order valence-electron chi connectivity index (χ1n) is 8.26. The van der Waals surface area contributed by atoms with Gasteiger partial charge in [0.15, 0.2) is 0 Å². The molecule has 1 aliphatic carbocycles. The third-order valence-corrected chi connectivity index (χ3v) is 4.60. The molecule has 122 valence electrons. The van der Waals surface area contributed by atoms with Gasteiger partial charge >= 0.3 is 0 Å². The van der Waals surface area contributed by atoms with E-state index < -0.39 is 0 Å². The fourth-order valence-electron chi connectivity index (χ4n) is 3.38. The van der Waals surface area contributed by atoms with Crippen LogP contribution in [0, 0.1) is 11.7 Å². The van der Waals surface area contributed by atoms with Gasteiger partial charge in [0.05, 0.1) is 6.61 Å². The van der Waals surface area contributed by atoms with Crippen LogP contribution in [0.1, 0.15) is 56.9 Å². The molecule has 2 atom stereocenters. The zero-order valence-electron chi connectivity index (χ0n) is 13.2. The summed E-state index contributed by atoms with van der Waals surface area (Å²) in [6.45, 7) is 1.72. The number of rotatable bonds is 6. The van der Waals surface area contributed by atoms with Crippen LogP contribution in [0.15, 0.2) is 24.3 Å². The Morgan fingerprint density at radius 3 is 2.50 bits per heavy atom. The SMILES string of the molecule is CC(CO)NC(=O)CC(c1ccc(F)cc1)C1CCCCC1. The highest BCUT2D eigenvalue weighted by Crippen LogP contribution is 2.38. The number of aliphatic hydroxyl groups is 1. The summed E-state index contributed by atoms with van der Waals surface area (Å²) in [7, 11) is 0. The van der Waals surface area contributed by atoms with Crippen LogP contribution in [-0.2, 0) is 4.79 Å². The van der Waals surface area contributed by atoms with Crippen LogP contribution in [0.3, 0.4) is 0 Å². The van der Waals surface area contributed by atoms with E-state index in [-0.39, 0.29) is 30.3 Å². The van der Waals surface area contributed by atoms with Crippen LogP contribution in [0.2, 0.25) is 0 Å². The molecule has 22 heavy (non-hydrogen) atoms. The van der Waals surface area contributed by atoms with Crippen LogP contribution >= 0.6 is 0 Å². The topological polar surface area (TPSA) is 49.3 Å². The summed E-state index contributed by atoms with van der Waals surface area (Å²) in [5.74, 6) is 0.326. The molecular weight excluding hydrogens is 281 g/mol. The van der Waals surface area contributed by atoms with E-state index in [1.165, 1.54) is 31.4 Å². The fourth-order valence-corrected chi connectivity index (χ4v) is 3.38. The quantitative estimate of drug-likeness (QED) is 0.846. The molecule has 0 saturated heterocycles. The molecule has 1 aliphatic rings. The van der Waals surface area contributed by atoms with Gasteiger partial charge < -0.3 is 10.4 Å². The van der Waals surface area contributed by atoms with E-state index in [4.69, 9.17) is 5.11 Å². The number of hydrogen-bond donors (Lipinski definition) is 2. The third kappa shape index (κ3) is 4.80. The minimum Gasteiger partial charge on any atom is -0.394 e. The molecule has 0 aromatic heterocycles. The Balaban J connectivity index is 2.10. The second-order valence-corrected chi connectivity index (χ2v) is 6.41. The Morgan fingerprint density at radius 1 is 1.27 bits per heavy atom. The normalized spacial score (nSPS) is 18.7. The molecule has 2 N–H and O–H groups in total. The van der Waals surface area contributed by atoms with Gasteiger partial charge in [-0.05, 0) is 49.3 Å². The molecule has 1 aromatic rings. The Kier molecular flexibility index (Phi) is 6.37. The minimum absolute atomic E-state index is 0.0403. The highest BCUT2D eigenvalue weighted by Gasteiger charge is 2.27.